The zero-order valence-electron chi connectivity index (χ0n) is 8.95. The van der Waals surface area contributed by atoms with Gasteiger partial charge in [-0.3, -0.25) is 0 Å². The Hall–Kier alpha value is -0.160. The molecule has 4 nitrogen and oxygen atoms in total. The maximum absolute atomic E-state index is 9.19. The molecule has 0 aromatic carbocycles. The lowest BCUT2D eigenvalue weighted by Crippen LogP contribution is -2.13. The van der Waals surface area contributed by atoms with Crippen LogP contribution in [0.3, 0.4) is 0 Å². The van der Waals surface area contributed by atoms with Crippen molar-refractivity contribution < 1.29 is 19.7 Å². The average molecular weight is 206 g/mol. The van der Waals surface area contributed by atoms with Crippen molar-refractivity contribution in [1.82, 2.24) is 0 Å². The highest BCUT2D eigenvalue weighted by Gasteiger charge is 2.00. The third-order valence-corrected chi connectivity index (χ3v) is 1.73. The lowest BCUT2D eigenvalue weighted by Gasteiger charge is -2.10. The highest BCUT2D eigenvalue weighted by molar-refractivity contribution is 4.41. The fourth-order valence-corrected chi connectivity index (χ4v) is 0.979. The van der Waals surface area contributed by atoms with E-state index in [1.54, 1.807) is 0 Å². The van der Waals surface area contributed by atoms with Gasteiger partial charge in [0.1, 0.15) is 0 Å². The highest BCUT2D eigenvalue weighted by atomic mass is 16.6. The minimum absolute atomic E-state index is 0.172. The lowest BCUT2D eigenvalue weighted by atomic mass is 10.3. The molecule has 0 fully saturated rings. The molecular weight excluding hydrogens is 184 g/mol. The van der Waals surface area contributed by atoms with Gasteiger partial charge in [0.2, 0.25) is 0 Å². The molecule has 2 N–H and O–H groups in total. The summed E-state index contributed by atoms with van der Waals surface area (Å²) in [5.41, 5.74) is 0. The van der Waals surface area contributed by atoms with E-state index in [9.17, 15) is 5.11 Å². The minimum Gasteiger partial charge on any atom is -0.396 e. The Bertz CT molecular complexity index is 108. The van der Waals surface area contributed by atoms with Crippen molar-refractivity contribution in [1.29, 1.82) is 0 Å². The van der Waals surface area contributed by atoms with E-state index in [0.717, 1.165) is 12.8 Å². The molecule has 0 rings (SSSR count). The number of rotatable bonds is 10. The van der Waals surface area contributed by atoms with Crippen molar-refractivity contribution >= 4 is 0 Å². The standard InChI is InChI=1S/C10H22O4/c1-2-5-10(12)14-9-4-8-13-7-3-6-11/h10-12H,2-9H2,1H3. The third kappa shape index (κ3) is 9.92. The first-order chi connectivity index (χ1) is 6.81. The van der Waals surface area contributed by atoms with E-state index in [-0.39, 0.29) is 6.61 Å². The number of aliphatic hydroxyl groups excluding tert-OH is 2. The van der Waals surface area contributed by atoms with Crippen LogP contribution < -0.4 is 0 Å². The summed E-state index contributed by atoms with van der Waals surface area (Å²) in [6.07, 6.45) is 2.45. The topological polar surface area (TPSA) is 58.9 Å². The van der Waals surface area contributed by atoms with Crippen molar-refractivity contribution in [2.24, 2.45) is 0 Å². The van der Waals surface area contributed by atoms with Gasteiger partial charge in [-0.05, 0) is 19.3 Å². The predicted molar refractivity (Wildman–Crippen MR) is 54.0 cm³/mol. The quantitative estimate of drug-likeness (QED) is 0.412. The Labute approximate surface area is 85.8 Å². The molecule has 0 aliphatic carbocycles. The molecule has 0 spiro atoms. The molecule has 0 radical (unpaired) electrons. The lowest BCUT2D eigenvalue weighted by molar-refractivity contribution is -0.106. The van der Waals surface area contributed by atoms with E-state index in [0.29, 0.717) is 32.7 Å². The van der Waals surface area contributed by atoms with Crippen molar-refractivity contribution in [3.63, 3.8) is 0 Å². The van der Waals surface area contributed by atoms with Crippen molar-refractivity contribution in [3.8, 4) is 0 Å². The molecular formula is C10H22O4. The number of aliphatic hydroxyl groups is 2. The van der Waals surface area contributed by atoms with Gasteiger partial charge in [0.25, 0.3) is 0 Å². The van der Waals surface area contributed by atoms with Gasteiger partial charge in [-0.1, -0.05) is 13.3 Å². The molecule has 1 atom stereocenters. The van der Waals surface area contributed by atoms with Crippen LogP contribution in [0.4, 0.5) is 0 Å². The summed E-state index contributed by atoms with van der Waals surface area (Å²) < 4.78 is 10.3. The van der Waals surface area contributed by atoms with Gasteiger partial charge in [-0.15, -0.1) is 0 Å². The van der Waals surface area contributed by atoms with Gasteiger partial charge in [-0.2, -0.15) is 0 Å². The second kappa shape index (κ2) is 10.9. The van der Waals surface area contributed by atoms with Crippen molar-refractivity contribution in [3.05, 3.63) is 0 Å². The second-order valence-corrected chi connectivity index (χ2v) is 3.16. The van der Waals surface area contributed by atoms with Crippen LogP contribution in [0.25, 0.3) is 0 Å². The summed E-state index contributed by atoms with van der Waals surface area (Å²) in [5, 5.41) is 17.7. The monoisotopic (exact) mass is 206 g/mol. The smallest absolute Gasteiger partial charge is 0.154 e. The minimum atomic E-state index is -0.627. The first-order valence-electron chi connectivity index (χ1n) is 5.29. The van der Waals surface area contributed by atoms with Gasteiger partial charge >= 0.3 is 0 Å². The Morgan fingerprint density at radius 3 is 2.50 bits per heavy atom. The summed E-state index contributed by atoms with van der Waals surface area (Å²) in [6, 6.07) is 0. The number of hydrogen-bond donors (Lipinski definition) is 2. The van der Waals surface area contributed by atoms with Crippen LogP contribution in [0.1, 0.15) is 32.6 Å². The maximum atomic E-state index is 9.19. The Morgan fingerprint density at radius 2 is 1.86 bits per heavy atom. The summed E-state index contributed by atoms with van der Waals surface area (Å²) in [6.45, 7) is 3.92. The van der Waals surface area contributed by atoms with Crippen LogP contribution in [0.2, 0.25) is 0 Å². The molecule has 0 aliphatic heterocycles. The molecule has 0 bridgehead atoms. The van der Waals surface area contributed by atoms with Crippen LogP contribution in [0, 0.1) is 0 Å². The molecule has 0 saturated carbocycles. The van der Waals surface area contributed by atoms with Crippen molar-refractivity contribution in [2.45, 2.75) is 38.9 Å². The summed E-state index contributed by atoms with van der Waals surface area (Å²) in [4.78, 5) is 0. The van der Waals surface area contributed by atoms with Gasteiger partial charge in [-0.25, -0.2) is 0 Å². The average Bonchev–Trinajstić information content (AvgIpc) is 2.17. The normalized spacial score (nSPS) is 13.1. The molecule has 0 amide bonds. The maximum Gasteiger partial charge on any atom is 0.154 e. The zero-order chi connectivity index (χ0) is 10.6. The summed E-state index contributed by atoms with van der Waals surface area (Å²) in [7, 11) is 0. The second-order valence-electron chi connectivity index (χ2n) is 3.16. The predicted octanol–water partition coefficient (Wildman–Crippen LogP) is 0.911. The van der Waals surface area contributed by atoms with E-state index in [2.05, 4.69) is 0 Å². The van der Waals surface area contributed by atoms with Crippen LogP contribution in [0.5, 0.6) is 0 Å². The van der Waals surface area contributed by atoms with E-state index in [1.165, 1.54) is 0 Å². The summed E-state index contributed by atoms with van der Waals surface area (Å²) in [5.74, 6) is 0. The first kappa shape index (κ1) is 13.8. The fraction of sp³-hybridized carbons (Fsp3) is 1.00. The fourth-order valence-electron chi connectivity index (χ4n) is 0.979. The molecule has 0 aromatic rings. The van der Waals surface area contributed by atoms with E-state index in [4.69, 9.17) is 14.6 Å². The van der Waals surface area contributed by atoms with Gasteiger partial charge in [0, 0.05) is 19.8 Å². The molecule has 1 unspecified atom stereocenters. The molecule has 0 aliphatic rings. The van der Waals surface area contributed by atoms with Gasteiger partial charge in [0.05, 0.1) is 6.61 Å². The van der Waals surface area contributed by atoms with Crippen LogP contribution in [-0.2, 0) is 9.47 Å². The summed E-state index contributed by atoms with van der Waals surface area (Å²) >= 11 is 0. The number of ether oxygens (including phenoxy) is 2. The van der Waals surface area contributed by atoms with Crippen LogP contribution >= 0.6 is 0 Å². The van der Waals surface area contributed by atoms with Gasteiger partial charge in [0.15, 0.2) is 6.29 Å². The third-order valence-electron chi connectivity index (χ3n) is 1.73. The Kier molecular flexibility index (Phi) is 10.8. The molecule has 0 heterocycles. The molecule has 0 saturated heterocycles. The van der Waals surface area contributed by atoms with Gasteiger partial charge < -0.3 is 19.7 Å². The zero-order valence-corrected chi connectivity index (χ0v) is 8.95. The van der Waals surface area contributed by atoms with Crippen LogP contribution in [-0.4, -0.2) is 42.9 Å². The van der Waals surface area contributed by atoms with E-state index >= 15 is 0 Å². The first-order valence-corrected chi connectivity index (χ1v) is 5.29. The molecule has 0 aromatic heterocycles. The van der Waals surface area contributed by atoms with Crippen LogP contribution in [0.15, 0.2) is 0 Å². The van der Waals surface area contributed by atoms with Crippen molar-refractivity contribution in [2.75, 3.05) is 26.4 Å². The Balaban J connectivity index is 2.98. The van der Waals surface area contributed by atoms with E-state index < -0.39 is 6.29 Å². The largest absolute Gasteiger partial charge is 0.396 e. The molecule has 86 valence electrons. The Morgan fingerprint density at radius 1 is 1.14 bits per heavy atom. The molecule has 4 heteroatoms. The highest BCUT2D eigenvalue weighted by Crippen LogP contribution is 1.98. The number of hydrogen-bond acceptors (Lipinski definition) is 4. The molecule has 14 heavy (non-hydrogen) atoms. The van der Waals surface area contributed by atoms with E-state index in [1.807, 2.05) is 6.92 Å². The SMILES string of the molecule is CCCC(O)OCCCOCCCO.